The summed E-state index contributed by atoms with van der Waals surface area (Å²) in [5, 5.41) is 3.21. The molecule has 0 aliphatic carbocycles. The molecule has 1 saturated heterocycles. The third-order valence-electron chi connectivity index (χ3n) is 3.51. The molecule has 1 aliphatic heterocycles. The second-order valence-corrected chi connectivity index (χ2v) is 7.06. The average Bonchev–Trinajstić information content (AvgIpc) is 2.97. The molecule has 0 amide bonds. The fraction of sp³-hybridized carbons (Fsp3) is 0.750. The van der Waals surface area contributed by atoms with E-state index < -0.39 is 10.0 Å². The minimum Gasteiger partial charge on any atom is -0.334 e. The lowest BCUT2D eigenvalue weighted by Gasteiger charge is -2.22. The van der Waals surface area contributed by atoms with E-state index in [1.807, 2.05) is 25.5 Å². The molecule has 2 heterocycles. The fourth-order valence-corrected chi connectivity index (χ4v) is 4.04. The first-order chi connectivity index (χ1) is 8.96. The van der Waals surface area contributed by atoms with Crippen molar-refractivity contribution in [1.82, 2.24) is 19.2 Å². The smallest absolute Gasteiger partial charge is 0.262 e. The van der Waals surface area contributed by atoms with Crippen LogP contribution in [0, 0.1) is 0 Å². The molecule has 8 heteroatoms. The van der Waals surface area contributed by atoms with Crippen LogP contribution in [0.4, 0.5) is 0 Å². The van der Waals surface area contributed by atoms with Crippen LogP contribution >= 0.6 is 12.4 Å². The van der Waals surface area contributed by atoms with Crippen molar-refractivity contribution < 1.29 is 8.42 Å². The number of nitrogens with one attached hydrogen (secondary N) is 1. The molecule has 1 aromatic rings. The summed E-state index contributed by atoms with van der Waals surface area (Å²) in [5.41, 5.74) is 0. The molecule has 2 rings (SSSR count). The Labute approximate surface area is 127 Å². The first kappa shape index (κ1) is 17.4. The van der Waals surface area contributed by atoms with E-state index in [9.17, 15) is 8.42 Å². The highest BCUT2D eigenvalue weighted by Gasteiger charge is 2.36. The second kappa shape index (κ2) is 6.89. The highest BCUT2D eigenvalue weighted by molar-refractivity contribution is 7.89. The molecule has 1 aliphatic rings. The molecule has 1 atom stereocenters. The van der Waals surface area contributed by atoms with Gasteiger partial charge < -0.3 is 9.88 Å². The van der Waals surface area contributed by atoms with Crippen LogP contribution in [-0.2, 0) is 10.0 Å². The Bertz CT molecular complexity index is 529. The predicted octanol–water partition coefficient (Wildman–Crippen LogP) is 1.26. The van der Waals surface area contributed by atoms with Crippen molar-refractivity contribution in [2.45, 2.75) is 43.8 Å². The van der Waals surface area contributed by atoms with Crippen molar-refractivity contribution >= 4 is 22.4 Å². The Kier molecular flexibility index (Phi) is 6.00. The number of hydrogen-bond acceptors (Lipinski definition) is 4. The molecule has 1 aromatic heterocycles. The highest BCUT2D eigenvalue weighted by Crippen LogP contribution is 2.25. The Balaban J connectivity index is 0.00000200. The SMILES string of the molecule is CNCC1CCCN1S(=O)(=O)c1cn(C(C)C)cn1.Cl. The van der Waals surface area contributed by atoms with Gasteiger partial charge in [-0.25, -0.2) is 13.4 Å². The fourth-order valence-electron chi connectivity index (χ4n) is 2.42. The Morgan fingerprint density at radius 1 is 1.50 bits per heavy atom. The summed E-state index contributed by atoms with van der Waals surface area (Å²) in [6, 6.07) is 0.252. The maximum absolute atomic E-state index is 12.6. The summed E-state index contributed by atoms with van der Waals surface area (Å²) >= 11 is 0. The number of rotatable bonds is 5. The summed E-state index contributed by atoms with van der Waals surface area (Å²) in [7, 11) is -1.62. The lowest BCUT2D eigenvalue weighted by Crippen LogP contribution is -2.40. The maximum atomic E-state index is 12.6. The lowest BCUT2D eigenvalue weighted by molar-refractivity contribution is 0.378. The molecule has 1 N–H and O–H groups in total. The lowest BCUT2D eigenvalue weighted by atomic mass is 10.2. The van der Waals surface area contributed by atoms with Gasteiger partial charge >= 0.3 is 0 Å². The van der Waals surface area contributed by atoms with Crippen LogP contribution in [0.1, 0.15) is 32.7 Å². The Morgan fingerprint density at radius 2 is 2.20 bits per heavy atom. The third-order valence-corrected chi connectivity index (χ3v) is 5.35. The van der Waals surface area contributed by atoms with E-state index in [1.54, 1.807) is 16.8 Å². The summed E-state index contributed by atoms with van der Waals surface area (Å²) in [6.45, 7) is 5.27. The number of likely N-dealkylation sites (N-methyl/N-ethyl adjacent to an activating group) is 1. The van der Waals surface area contributed by atoms with Gasteiger partial charge in [0.2, 0.25) is 0 Å². The largest absolute Gasteiger partial charge is 0.334 e. The minimum atomic E-state index is -3.46. The summed E-state index contributed by atoms with van der Waals surface area (Å²) in [6.07, 6.45) is 5.02. The van der Waals surface area contributed by atoms with Gasteiger partial charge in [0.25, 0.3) is 10.0 Å². The molecule has 0 aromatic carbocycles. The van der Waals surface area contributed by atoms with Gasteiger partial charge in [0, 0.05) is 31.4 Å². The van der Waals surface area contributed by atoms with Gasteiger partial charge in [-0.3, -0.25) is 0 Å². The van der Waals surface area contributed by atoms with Crippen LogP contribution in [0.5, 0.6) is 0 Å². The topological polar surface area (TPSA) is 67.2 Å². The van der Waals surface area contributed by atoms with Crippen molar-refractivity contribution in [3.8, 4) is 0 Å². The van der Waals surface area contributed by atoms with Crippen molar-refractivity contribution in [2.24, 2.45) is 0 Å². The van der Waals surface area contributed by atoms with Crippen LogP contribution in [-0.4, -0.2) is 48.5 Å². The molecule has 6 nitrogen and oxygen atoms in total. The molecule has 1 unspecified atom stereocenters. The zero-order valence-electron chi connectivity index (χ0n) is 12.1. The summed E-state index contributed by atoms with van der Waals surface area (Å²) < 4.78 is 28.6. The van der Waals surface area contributed by atoms with Gasteiger partial charge in [-0.05, 0) is 33.7 Å². The molecule has 0 bridgehead atoms. The quantitative estimate of drug-likeness (QED) is 0.886. The van der Waals surface area contributed by atoms with Gasteiger partial charge in [-0.1, -0.05) is 0 Å². The number of hydrogen-bond donors (Lipinski definition) is 1. The molecule has 0 spiro atoms. The standard InChI is InChI=1S/C12H22N4O2S.ClH/c1-10(2)15-8-12(14-9-15)19(17,18)16-6-4-5-11(16)7-13-3;/h8-11,13H,4-7H2,1-3H3;1H. The van der Waals surface area contributed by atoms with Crippen LogP contribution in [0.2, 0.25) is 0 Å². The number of sulfonamides is 1. The third kappa shape index (κ3) is 3.33. The molecule has 0 radical (unpaired) electrons. The molecular formula is C12H23ClN4O2S. The van der Waals surface area contributed by atoms with E-state index in [0.717, 1.165) is 12.8 Å². The van der Waals surface area contributed by atoms with Crippen LogP contribution in [0.3, 0.4) is 0 Å². The minimum absolute atomic E-state index is 0. The molecular weight excluding hydrogens is 300 g/mol. The predicted molar refractivity (Wildman–Crippen MR) is 80.7 cm³/mol. The number of nitrogens with zero attached hydrogens (tertiary/aromatic N) is 3. The average molecular weight is 323 g/mol. The summed E-state index contributed by atoms with van der Waals surface area (Å²) in [4.78, 5) is 4.06. The van der Waals surface area contributed by atoms with Crippen molar-refractivity contribution in [2.75, 3.05) is 20.1 Å². The zero-order chi connectivity index (χ0) is 14.0. The number of imidazole rings is 1. The van der Waals surface area contributed by atoms with E-state index in [4.69, 9.17) is 0 Å². The van der Waals surface area contributed by atoms with Gasteiger partial charge in [0.15, 0.2) is 5.03 Å². The maximum Gasteiger partial charge on any atom is 0.262 e. The van der Waals surface area contributed by atoms with E-state index >= 15 is 0 Å². The molecule has 0 saturated carbocycles. The number of halogens is 1. The first-order valence-electron chi connectivity index (χ1n) is 6.66. The molecule has 20 heavy (non-hydrogen) atoms. The van der Waals surface area contributed by atoms with E-state index in [-0.39, 0.29) is 29.5 Å². The normalized spacial score (nSPS) is 20.3. The zero-order valence-corrected chi connectivity index (χ0v) is 13.7. The first-order valence-corrected chi connectivity index (χ1v) is 8.10. The van der Waals surface area contributed by atoms with Crippen molar-refractivity contribution in [1.29, 1.82) is 0 Å². The highest BCUT2D eigenvalue weighted by atomic mass is 35.5. The van der Waals surface area contributed by atoms with E-state index in [1.165, 1.54) is 0 Å². The van der Waals surface area contributed by atoms with E-state index in [0.29, 0.717) is 13.1 Å². The van der Waals surface area contributed by atoms with Gasteiger partial charge in [-0.15, -0.1) is 12.4 Å². The van der Waals surface area contributed by atoms with Crippen molar-refractivity contribution in [3.05, 3.63) is 12.5 Å². The second-order valence-electron chi connectivity index (χ2n) is 5.22. The molecule has 1 fully saturated rings. The van der Waals surface area contributed by atoms with Crippen molar-refractivity contribution in [3.63, 3.8) is 0 Å². The van der Waals surface area contributed by atoms with Crippen LogP contribution in [0.15, 0.2) is 17.6 Å². The van der Waals surface area contributed by atoms with Crippen LogP contribution in [0.25, 0.3) is 0 Å². The number of aromatic nitrogens is 2. The van der Waals surface area contributed by atoms with E-state index in [2.05, 4.69) is 10.3 Å². The van der Waals surface area contributed by atoms with Crippen LogP contribution < -0.4 is 5.32 Å². The van der Waals surface area contributed by atoms with Gasteiger partial charge in [0.1, 0.15) is 0 Å². The Hall–Kier alpha value is -0.630. The summed E-state index contributed by atoms with van der Waals surface area (Å²) in [5.74, 6) is 0. The van der Waals surface area contributed by atoms with Gasteiger partial charge in [0.05, 0.1) is 6.33 Å². The van der Waals surface area contributed by atoms with Gasteiger partial charge in [-0.2, -0.15) is 4.31 Å². The molecule has 116 valence electrons. The Morgan fingerprint density at radius 3 is 2.75 bits per heavy atom. The monoisotopic (exact) mass is 322 g/mol.